The number of carbonyl (C=O) groups is 1. The minimum atomic E-state index is -0.172. The molecule has 0 bridgehead atoms. The van der Waals surface area contributed by atoms with Crippen LogP contribution in [-0.4, -0.2) is 61.9 Å². The number of carbonyl (C=O) groups excluding carboxylic acids is 1. The van der Waals surface area contributed by atoms with Crippen molar-refractivity contribution < 1.29 is 4.79 Å². The van der Waals surface area contributed by atoms with Gasteiger partial charge in [-0.15, -0.1) is 10.2 Å². The van der Waals surface area contributed by atoms with Crippen LogP contribution in [-0.2, 0) is 17.9 Å². The summed E-state index contributed by atoms with van der Waals surface area (Å²) in [5.41, 5.74) is 1.23. The quantitative estimate of drug-likeness (QED) is 0.583. The molecule has 0 radical (unpaired) electrons. The molecule has 0 saturated carbocycles. The van der Waals surface area contributed by atoms with Crippen molar-refractivity contribution in [3.8, 4) is 0 Å². The summed E-state index contributed by atoms with van der Waals surface area (Å²) in [4.78, 5) is 17.8. The van der Waals surface area contributed by atoms with Gasteiger partial charge in [0, 0.05) is 13.1 Å². The first-order valence-corrected chi connectivity index (χ1v) is 13.0. The van der Waals surface area contributed by atoms with Crippen LogP contribution in [0.2, 0.25) is 0 Å². The first-order valence-electron chi connectivity index (χ1n) is 12.1. The Hall–Kier alpha value is -1.86. The molecule has 3 unspecified atom stereocenters. The van der Waals surface area contributed by atoms with Crippen molar-refractivity contribution in [3.63, 3.8) is 0 Å². The maximum absolute atomic E-state index is 13.2. The molecule has 4 rings (SSSR count). The van der Waals surface area contributed by atoms with E-state index in [2.05, 4.69) is 62.7 Å². The predicted molar refractivity (Wildman–Crippen MR) is 130 cm³/mol. The molecule has 1 aromatic heterocycles. The fourth-order valence-electron chi connectivity index (χ4n) is 5.07. The highest BCUT2D eigenvalue weighted by Gasteiger charge is 2.30. The first kappa shape index (κ1) is 23.3. The highest BCUT2D eigenvalue weighted by atomic mass is 32.2. The number of nitrogens with zero attached hydrogens (tertiary/aromatic N) is 5. The Morgan fingerprint density at radius 2 is 1.72 bits per heavy atom. The second-order valence-corrected chi connectivity index (χ2v) is 11.1. The van der Waals surface area contributed by atoms with Gasteiger partial charge in [-0.3, -0.25) is 9.69 Å². The van der Waals surface area contributed by atoms with Gasteiger partial charge in [0.1, 0.15) is 5.82 Å². The van der Waals surface area contributed by atoms with Crippen molar-refractivity contribution in [3.05, 3.63) is 41.7 Å². The molecule has 0 N–H and O–H groups in total. The van der Waals surface area contributed by atoms with Crippen LogP contribution in [0.15, 0.2) is 35.5 Å². The highest BCUT2D eigenvalue weighted by Crippen LogP contribution is 2.28. The van der Waals surface area contributed by atoms with Crippen molar-refractivity contribution in [2.75, 3.05) is 26.2 Å². The molecule has 32 heavy (non-hydrogen) atoms. The first-order chi connectivity index (χ1) is 15.5. The molecule has 6 nitrogen and oxygen atoms in total. The standard InChI is InChI=1S/C25H37N5OS/c1-19-14-20(2)16-29(15-19)24(31)21(3)32-25-27-26-23(18-28-12-8-5-9-13-28)30(25)17-22-10-6-4-7-11-22/h4,6-7,10-11,19-21H,5,8-9,12-18H2,1-3H3. The minimum Gasteiger partial charge on any atom is -0.341 e. The Kier molecular flexibility index (Phi) is 7.89. The lowest BCUT2D eigenvalue weighted by atomic mass is 9.92. The van der Waals surface area contributed by atoms with Crippen molar-refractivity contribution in [1.29, 1.82) is 0 Å². The molecule has 2 aromatic rings. The van der Waals surface area contributed by atoms with Crippen molar-refractivity contribution in [2.45, 2.75) is 70.0 Å². The summed E-state index contributed by atoms with van der Waals surface area (Å²) in [6.07, 6.45) is 5.04. The van der Waals surface area contributed by atoms with Gasteiger partial charge in [-0.2, -0.15) is 0 Å². The number of rotatable bonds is 7. The van der Waals surface area contributed by atoms with Crippen LogP contribution in [0.1, 0.15) is 57.8 Å². The lowest BCUT2D eigenvalue weighted by Crippen LogP contribution is -2.45. The van der Waals surface area contributed by atoms with E-state index >= 15 is 0 Å². The molecule has 1 aromatic carbocycles. The maximum atomic E-state index is 13.2. The predicted octanol–water partition coefficient (Wildman–Crippen LogP) is 4.30. The molecular weight excluding hydrogens is 418 g/mol. The summed E-state index contributed by atoms with van der Waals surface area (Å²) in [5.74, 6) is 2.36. The van der Waals surface area contributed by atoms with Crippen LogP contribution >= 0.6 is 11.8 Å². The monoisotopic (exact) mass is 455 g/mol. The van der Waals surface area contributed by atoms with Crippen molar-refractivity contribution in [2.24, 2.45) is 11.8 Å². The second-order valence-electron chi connectivity index (χ2n) is 9.76. The van der Waals surface area contributed by atoms with Gasteiger partial charge in [0.2, 0.25) is 5.91 Å². The topological polar surface area (TPSA) is 54.3 Å². The third-order valence-corrected chi connectivity index (χ3v) is 7.67. The average Bonchev–Trinajstić information content (AvgIpc) is 3.14. The molecule has 2 fully saturated rings. The van der Waals surface area contributed by atoms with Gasteiger partial charge in [0.15, 0.2) is 5.16 Å². The summed E-state index contributed by atoms with van der Waals surface area (Å²) in [6.45, 7) is 12.1. The molecule has 3 heterocycles. The van der Waals surface area contributed by atoms with E-state index in [9.17, 15) is 4.79 Å². The molecule has 7 heteroatoms. The molecular formula is C25H37N5OS. The lowest BCUT2D eigenvalue weighted by Gasteiger charge is -2.36. The van der Waals surface area contributed by atoms with E-state index in [4.69, 9.17) is 0 Å². The second kappa shape index (κ2) is 10.8. The van der Waals surface area contributed by atoms with Gasteiger partial charge >= 0.3 is 0 Å². The number of piperidine rings is 2. The Morgan fingerprint density at radius 1 is 1.03 bits per heavy atom. The smallest absolute Gasteiger partial charge is 0.235 e. The van der Waals surface area contributed by atoms with Crippen LogP contribution in [0.3, 0.4) is 0 Å². The zero-order valence-electron chi connectivity index (χ0n) is 19.7. The van der Waals surface area contributed by atoms with E-state index < -0.39 is 0 Å². The average molecular weight is 456 g/mol. The van der Waals surface area contributed by atoms with Crippen molar-refractivity contribution >= 4 is 17.7 Å². The Morgan fingerprint density at radius 3 is 2.41 bits per heavy atom. The van der Waals surface area contributed by atoms with E-state index in [-0.39, 0.29) is 11.2 Å². The lowest BCUT2D eigenvalue weighted by molar-refractivity contribution is -0.132. The van der Waals surface area contributed by atoms with Crippen LogP contribution in [0.25, 0.3) is 0 Å². The molecule has 1 amide bonds. The third-order valence-electron chi connectivity index (χ3n) is 6.60. The molecule has 2 aliphatic rings. The summed E-state index contributed by atoms with van der Waals surface area (Å²) >= 11 is 1.56. The van der Waals surface area contributed by atoms with E-state index in [1.165, 1.54) is 31.2 Å². The van der Waals surface area contributed by atoms with Gasteiger partial charge in [-0.1, -0.05) is 62.4 Å². The zero-order valence-corrected chi connectivity index (χ0v) is 20.6. The Labute approximate surface area is 196 Å². The summed E-state index contributed by atoms with van der Waals surface area (Å²) < 4.78 is 2.22. The van der Waals surface area contributed by atoms with E-state index in [0.717, 1.165) is 50.2 Å². The third kappa shape index (κ3) is 5.93. The molecule has 2 aliphatic heterocycles. The number of thioether (sulfide) groups is 1. The van der Waals surface area contributed by atoms with E-state index in [0.29, 0.717) is 11.8 Å². The van der Waals surface area contributed by atoms with Crippen LogP contribution < -0.4 is 0 Å². The molecule has 2 saturated heterocycles. The Balaban J connectivity index is 1.50. The van der Waals surface area contributed by atoms with Crippen LogP contribution in [0.4, 0.5) is 0 Å². The maximum Gasteiger partial charge on any atom is 0.235 e. The minimum absolute atomic E-state index is 0.172. The van der Waals surface area contributed by atoms with Gasteiger partial charge in [-0.05, 0) is 56.7 Å². The van der Waals surface area contributed by atoms with Crippen LogP contribution in [0.5, 0.6) is 0 Å². The number of likely N-dealkylation sites (tertiary alicyclic amines) is 2. The number of hydrogen-bond acceptors (Lipinski definition) is 5. The van der Waals surface area contributed by atoms with Gasteiger partial charge in [0.25, 0.3) is 0 Å². The number of hydrogen-bond donors (Lipinski definition) is 0. The van der Waals surface area contributed by atoms with E-state index in [1.54, 1.807) is 11.8 Å². The number of amides is 1. The molecule has 0 spiro atoms. The zero-order chi connectivity index (χ0) is 22.5. The van der Waals surface area contributed by atoms with Gasteiger partial charge in [0.05, 0.1) is 18.3 Å². The van der Waals surface area contributed by atoms with Gasteiger partial charge < -0.3 is 9.47 Å². The Bertz CT molecular complexity index is 870. The highest BCUT2D eigenvalue weighted by molar-refractivity contribution is 8.00. The molecule has 174 valence electrons. The van der Waals surface area contributed by atoms with Gasteiger partial charge in [-0.25, -0.2) is 0 Å². The fraction of sp³-hybridized carbons (Fsp3) is 0.640. The summed E-state index contributed by atoms with van der Waals surface area (Å²) in [7, 11) is 0. The largest absolute Gasteiger partial charge is 0.341 e. The molecule has 0 aliphatic carbocycles. The normalized spacial score (nSPS) is 23.3. The summed E-state index contributed by atoms with van der Waals surface area (Å²) in [6, 6.07) is 10.5. The SMILES string of the molecule is CC1CC(C)CN(C(=O)C(C)Sc2nnc(CN3CCCCC3)n2Cc2ccccc2)C1. The molecule has 3 atom stereocenters. The number of aromatic nitrogens is 3. The van der Waals surface area contributed by atoms with Crippen molar-refractivity contribution in [1.82, 2.24) is 24.6 Å². The summed E-state index contributed by atoms with van der Waals surface area (Å²) in [5, 5.41) is 9.81. The van der Waals surface area contributed by atoms with Crippen LogP contribution in [0, 0.1) is 11.8 Å². The fourth-order valence-corrected chi connectivity index (χ4v) is 6.03. The van der Waals surface area contributed by atoms with E-state index in [1.807, 2.05) is 13.0 Å². The number of benzene rings is 1.